The van der Waals surface area contributed by atoms with E-state index in [2.05, 4.69) is 23.4 Å². The summed E-state index contributed by atoms with van der Waals surface area (Å²) in [5.74, 6) is 0.973. The molecular formula is C12H16N2OS. The van der Waals surface area contributed by atoms with Gasteiger partial charge in [-0.3, -0.25) is 4.90 Å². The maximum atomic E-state index is 6.11. The summed E-state index contributed by atoms with van der Waals surface area (Å²) in [5, 5.41) is 2.06. The lowest BCUT2D eigenvalue weighted by Gasteiger charge is -2.19. The lowest BCUT2D eigenvalue weighted by atomic mass is 10.2. The first-order valence-electron chi connectivity index (χ1n) is 5.25. The first kappa shape index (κ1) is 11.4. The van der Waals surface area contributed by atoms with Gasteiger partial charge in [-0.05, 0) is 30.6 Å². The van der Waals surface area contributed by atoms with E-state index in [0.29, 0.717) is 0 Å². The van der Waals surface area contributed by atoms with Crippen molar-refractivity contribution in [3.05, 3.63) is 46.5 Å². The smallest absolute Gasteiger partial charge is 0.117 e. The normalized spacial score (nSPS) is 13.2. The molecule has 4 heteroatoms. The van der Waals surface area contributed by atoms with Gasteiger partial charge in [-0.15, -0.1) is 11.3 Å². The summed E-state index contributed by atoms with van der Waals surface area (Å²) in [6.07, 6.45) is 1.70. The summed E-state index contributed by atoms with van der Waals surface area (Å²) in [4.78, 5) is 3.40. The van der Waals surface area contributed by atoms with Crippen molar-refractivity contribution in [3.8, 4) is 0 Å². The minimum Gasteiger partial charge on any atom is -0.468 e. The SMILES string of the molecule is CN(Cc1ccco1)CC(N)c1cccs1. The number of nitrogens with two attached hydrogens (primary N) is 1. The van der Waals surface area contributed by atoms with Crippen LogP contribution < -0.4 is 5.73 Å². The molecule has 2 aromatic rings. The lowest BCUT2D eigenvalue weighted by molar-refractivity contribution is 0.279. The number of nitrogens with zero attached hydrogens (tertiary/aromatic N) is 1. The van der Waals surface area contributed by atoms with Gasteiger partial charge < -0.3 is 10.2 Å². The third kappa shape index (κ3) is 2.95. The van der Waals surface area contributed by atoms with Crippen LogP contribution in [0.2, 0.25) is 0 Å². The van der Waals surface area contributed by atoms with Gasteiger partial charge in [0.1, 0.15) is 5.76 Å². The van der Waals surface area contributed by atoms with Crippen LogP contribution in [0.4, 0.5) is 0 Å². The van der Waals surface area contributed by atoms with Crippen molar-refractivity contribution in [2.45, 2.75) is 12.6 Å². The second-order valence-corrected chi connectivity index (χ2v) is 4.88. The third-order valence-electron chi connectivity index (χ3n) is 2.42. The van der Waals surface area contributed by atoms with Crippen molar-refractivity contribution in [2.24, 2.45) is 5.73 Å². The number of likely N-dealkylation sites (N-methyl/N-ethyl adjacent to an activating group) is 1. The Morgan fingerprint density at radius 3 is 2.94 bits per heavy atom. The molecule has 0 saturated carbocycles. The Balaban J connectivity index is 1.85. The minimum absolute atomic E-state index is 0.0833. The molecule has 2 rings (SSSR count). The zero-order chi connectivity index (χ0) is 11.4. The van der Waals surface area contributed by atoms with E-state index in [4.69, 9.17) is 10.2 Å². The molecule has 3 nitrogen and oxygen atoms in total. The fourth-order valence-corrected chi connectivity index (χ4v) is 2.38. The summed E-state index contributed by atoms with van der Waals surface area (Å²) in [7, 11) is 2.05. The van der Waals surface area contributed by atoms with Crippen LogP contribution in [0.25, 0.3) is 0 Å². The molecule has 2 heterocycles. The summed E-state index contributed by atoms with van der Waals surface area (Å²) in [6.45, 7) is 1.63. The second kappa shape index (κ2) is 5.30. The van der Waals surface area contributed by atoms with Crippen LogP contribution in [0.1, 0.15) is 16.7 Å². The molecule has 86 valence electrons. The molecule has 0 fully saturated rings. The molecule has 1 unspecified atom stereocenters. The topological polar surface area (TPSA) is 42.4 Å². The zero-order valence-electron chi connectivity index (χ0n) is 9.30. The van der Waals surface area contributed by atoms with E-state index in [0.717, 1.165) is 18.8 Å². The van der Waals surface area contributed by atoms with Gasteiger partial charge in [0.05, 0.1) is 18.8 Å². The fraction of sp³-hybridized carbons (Fsp3) is 0.333. The van der Waals surface area contributed by atoms with Crippen LogP contribution in [0.5, 0.6) is 0 Å². The van der Waals surface area contributed by atoms with Crippen LogP contribution in [0.15, 0.2) is 40.3 Å². The number of thiophene rings is 1. The Morgan fingerprint density at radius 2 is 2.31 bits per heavy atom. The molecule has 0 aliphatic rings. The zero-order valence-corrected chi connectivity index (χ0v) is 10.1. The molecule has 0 bridgehead atoms. The van der Waals surface area contributed by atoms with Gasteiger partial charge in [0.15, 0.2) is 0 Å². The molecule has 2 N–H and O–H groups in total. The van der Waals surface area contributed by atoms with Crippen LogP contribution >= 0.6 is 11.3 Å². The predicted octanol–water partition coefficient (Wildman–Crippen LogP) is 2.47. The van der Waals surface area contributed by atoms with E-state index < -0.39 is 0 Å². The van der Waals surface area contributed by atoms with E-state index >= 15 is 0 Å². The molecule has 0 aromatic carbocycles. The van der Waals surface area contributed by atoms with Crippen molar-refractivity contribution < 1.29 is 4.42 Å². The Labute approximate surface area is 99.5 Å². The Kier molecular flexibility index (Phi) is 3.77. The van der Waals surface area contributed by atoms with Gasteiger partial charge in [-0.1, -0.05) is 6.07 Å². The molecule has 0 aliphatic heterocycles. The van der Waals surface area contributed by atoms with Crippen molar-refractivity contribution in [3.63, 3.8) is 0 Å². The van der Waals surface area contributed by atoms with Crippen molar-refractivity contribution in [2.75, 3.05) is 13.6 Å². The van der Waals surface area contributed by atoms with Crippen molar-refractivity contribution >= 4 is 11.3 Å². The minimum atomic E-state index is 0.0833. The number of furan rings is 1. The van der Waals surface area contributed by atoms with Gasteiger partial charge in [0.25, 0.3) is 0 Å². The van der Waals surface area contributed by atoms with Crippen LogP contribution in [-0.4, -0.2) is 18.5 Å². The first-order chi connectivity index (χ1) is 7.75. The Morgan fingerprint density at radius 1 is 1.44 bits per heavy atom. The average molecular weight is 236 g/mol. The fourth-order valence-electron chi connectivity index (χ4n) is 1.66. The summed E-state index contributed by atoms with van der Waals surface area (Å²) < 4.78 is 5.30. The summed E-state index contributed by atoms with van der Waals surface area (Å²) >= 11 is 1.71. The third-order valence-corrected chi connectivity index (χ3v) is 3.43. The van der Waals surface area contributed by atoms with E-state index in [-0.39, 0.29) is 6.04 Å². The average Bonchev–Trinajstić information content (AvgIpc) is 2.88. The molecular weight excluding hydrogens is 220 g/mol. The quantitative estimate of drug-likeness (QED) is 0.867. The van der Waals surface area contributed by atoms with Crippen LogP contribution in [-0.2, 0) is 6.54 Å². The lowest BCUT2D eigenvalue weighted by Crippen LogP contribution is -2.28. The summed E-state index contributed by atoms with van der Waals surface area (Å²) in [6, 6.07) is 8.08. The van der Waals surface area contributed by atoms with E-state index in [1.54, 1.807) is 17.6 Å². The molecule has 1 atom stereocenters. The van der Waals surface area contributed by atoms with Gasteiger partial charge in [0, 0.05) is 11.4 Å². The molecule has 0 aliphatic carbocycles. The number of hydrogen-bond acceptors (Lipinski definition) is 4. The van der Waals surface area contributed by atoms with Crippen molar-refractivity contribution in [1.82, 2.24) is 4.90 Å². The maximum absolute atomic E-state index is 6.11. The van der Waals surface area contributed by atoms with E-state index in [1.165, 1.54) is 4.88 Å². The largest absolute Gasteiger partial charge is 0.468 e. The van der Waals surface area contributed by atoms with Gasteiger partial charge >= 0.3 is 0 Å². The van der Waals surface area contributed by atoms with E-state index in [1.807, 2.05) is 18.2 Å². The molecule has 16 heavy (non-hydrogen) atoms. The number of hydrogen-bond donors (Lipinski definition) is 1. The standard InChI is InChI=1S/C12H16N2OS/c1-14(8-10-4-2-6-15-10)9-11(13)12-5-3-7-16-12/h2-7,11H,8-9,13H2,1H3. The predicted molar refractivity (Wildman–Crippen MR) is 66.3 cm³/mol. The van der Waals surface area contributed by atoms with Crippen LogP contribution in [0, 0.1) is 0 Å². The van der Waals surface area contributed by atoms with Gasteiger partial charge in [-0.2, -0.15) is 0 Å². The van der Waals surface area contributed by atoms with Crippen molar-refractivity contribution in [1.29, 1.82) is 0 Å². The molecule has 0 amide bonds. The highest BCUT2D eigenvalue weighted by atomic mass is 32.1. The highest BCUT2D eigenvalue weighted by Gasteiger charge is 2.11. The second-order valence-electron chi connectivity index (χ2n) is 3.90. The molecule has 0 radical (unpaired) electrons. The maximum Gasteiger partial charge on any atom is 0.117 e. The highest BCUT2D eigenvalue weighted by molar-refractivity contribution is 7.10. The highest BCUT2D eigenvalue weighted by Crippen LogP contribution is 2.17. The van der Waals surface area contributed by atoms with Gasteiger partial charge in [0.2, 0.25) is 0 Å². The monoisotopic (exact) mass is 236 g/mol. The van der Waals surface area contributed by atoms with Gasteiger partial charge in [-0.25, -0.2) is 0 Å². The van der Waals surface area contributed by atoms with Crippen LogP contribution in [0.3, 0.4) is 0 Å². The number of rotatable bonds is 5. The summed E-state index contributed by atoms with van der Waals surface area (Å²) in [5.41, 5.74) is 6.11. The van der Waals surface area contributed by atoms with E-state index in [9.17, 15) is 0 Å². The Hall–Kier alpha value is -1.10. The first-order valence-corrected chi connectivity index (χ1v) is 6.13. The molecule has 0 spiro atoms. The molecule has 2 aromatic heterocycles. The molecule has 0 saturated heterocycles. The Bertz CT molecular complexity index is 397.